The first kappa shape index (κ1) is 30.7. The first-order valence-corrected chi connectivity index (χ1v) is 16.8. The largest absolute Gasteiger partial charge is 0.427 e. The highest BCUT2D eigenvalue weighted by Crippen LogP contribution is 2.27. The van der Waals surface area contributed by atoms with Crippen molar-refractivity contribution in [3.05, 3.63) is 143 Å². The molecule has 2 N–H and O–H groups in total. The number of rotatable bonds is 9. The maximum absolute atomic E-state index is 13.0. The van der Waals surface area contributed by atoms with E-state index >= 15 is 0 Å². The van der Waals surface area contributed by atoms with Gasteiger partial charge in [0.2, 0.25) is 0 Å². The molecule has 0 amide bonds. The van der Waals surface area contributed by atoms with E-state index < -0.39 is 16.0 Å². The van der Waals surface area contributed by atoms with E-state index in [9.17, 15) is 13.2 Å². The van der Waals surface area contributed by atoms with Crippen molar-refractivity contribution in [3.63, 3.8) is 0 Å². The Labute approximate surface area is 277 Å². The van der Waals surface area contributed by atoms with Crippen molar-refractivity contribution in [2.24, 2.45) is 0 Å². The molecule has 48 heavy (non-hydrogen) atoms. The Morgan fingerprint density at radius 2 is 1.60 bits per heavy atom. The molecule has 240 valence electrons. The van der Waals surface area contributed by atoms with Crippen LogP contribution in [0.5, 0.6) is 5.75 Å². The Balaban J connectivity index is 1.24. The zero-order chi connectivity index (χ0) is 33.3. The molecule has 3 aromatic carbocycles. The maximum Gasteiger partial charge on any atom is 0.308 e. The van der Waals surface area contributed by atoms with E-state index in [1.54, 1.807) is 54.7 Å². The Kier molecular flexibility index (Phi) is 8.12. The minimum atomic E-state index is -3.82. The fraction of sp³-hybridized carbons (Fsp3) is 0.108. The number of ether oxygens (including phenoxy) is 1. The summed E-state index contributed by atoms with van der Waals surface area (Å²) < 4.78 is 36.1. The van der Waals surface area contributed by atoms with Gasteiger partial charge < -0.3 is 15.1 Å². The van der Waals surface area contributed by atoms with Crippen LogP contribution >= 0.6 is 0 Å². The summed E-state index contributed by atoms with van der Waals surface area (Å²) in [5, 5.41) is 8.33. The molecular weight excluding hydrogens is 625 g/mol. The number of anilines is 2. The second kappa shape index (κ2) is 12.7. The average molecular weight is 657 g/mol. The molecule has 1 aliphatic heterocycles. The molecule has 11 heteroatoms. The number of carbonyl (C=O) groups is 1. The monoisotopic (exact) mass is 656 g/mol. The summed E-state index contributed by atoms with van der Waals surface area (Å²) in [7, 11) is -1.77. The summed E-state index contributed by atoms with van der Waals surface area (Å²) in [5.41, 5.74) is 4.03. The van der Waals surface area contributed by atoms with Crippen LogP contribution in [0.25, 0.3) is 23.1 Å². The van der Waals surface area contributed by atoms with Crippen LogP contribution in [0.1, 0.15) is 29.7 Å². The molecule has 0 aliphatic carbocycles. The fourth-order valence-corrected chi connectivity index (χ4v) is 6.90. The van der Waals surface area contributed by atoms with Crippen molar-refractivity contribution in [1.29, 1.82) is 0 Å². The van der Waals surface area contributed by atoms with Gasteiger partial charge in [-0.3, -0.25) is 14.2 Å². The Hall–Kier alpha value is -5.94. The number of nitrogens with zero attached hydrogens (tertiary/aromatic N) is 4. The van der Waals surface area contributed by atoms with Gasteiger partial charge in [-0.2, -0.15) is 0 Å². The average Bonchev–Trinajstić information content (AvgIpc) is 3.58. The molecule has 1 atom stereocenters. The summed E-state index contributed by atoms with van der Waals surface area (Å²) in [6, 6.07) is 31.6. The zero-order valence-corrected chi connectivity index (χ0v) is 27.1. The number of hydrogen-bond donors (Lipinski definition) is 2. The molecule has 0 fully saturated rings. The van der Waals surface area contributed by atoms with E-state index in [1.165, 1.54) is 13.1 Å². The summed E-state index contributed by atoms with van der Waals surface area (Å²) >= 11 is 0. The predicted octanol–water partition coefficient (Wildman–Crippen LogP) is 4.70. The number of pyridine rings is 2. The van der Waals surface area contributed by atoms with Gasteiger partial charge in [0.1, 0.15) is 17.4 Å². The minimum Gasteiger partial charge on any atom is -0.427 e. The fourth-order valence-electron chi connectivity index (χ4n) is 5.89. The molecule has 0 bridgehead atoms. The second-order valence-electron chi connectivity index (χ2n) is 11.4. The van der Waals surface area contributed by atoms with E-state index in [4.69, 9.17) is 4.74 Å². The van der Waals surface area contributed by atoms with Gasteiger partial charge in [-0.05, 0) is 83.4 Å². The number of benzene rings is 3. The summed E-state index contributed by atoms with van der Waals surface area (Å²) in [6.07, 6.45) is 7.53. The van der Waals surface area contributed by atoms with Crippen LogP contribution in [0.15, 0.2) is 120 Å². The van der Waals surface area contributed by atoms with Crippen molar-refractivity contribution >= 4 is 50.7 Å². The van der Waals surface area contributed by atoms with Crippen LogP contribution < -0.4 is 30.4 Å². The van der Waals surface area contributed by atoms with Gasteiger partial charge in [0.15, 0.2) is 0 Å². The van der Waals surface area contributed by atoms with E-state index in [1.807, 2.05) is 43.5 Å². The van der Waals surface area contributed by atoms with Gasteiger partial charge in [0.25, 0.3) is 10.0 Å². The highest BCUT2D eigenvalue weighted by atomic mass is 32.2. The smallest absolute Gasteiger partial charge is 0.308 e. The first-order valence-electron chi connectivity index (χ1n) is 15.3. The molecule has 1 aliphatic rings. The molecule has 4 heterocycles. The van der Waals surface area contributed by atoms with Gasteiger partial charge in [-0.15, -0.1) is 0 Å². The molecular formula is C37H32N6O4S. The number of sulfonamides is 1. The second-order valence-corrected chi connectivity index (χ2v) is 13.1. The van der Waals surface area contributed by atoms with Gasteiger partial charge in [-0.1, -0.05) is 48.5 Å². The Bertz CT molecular complexity index is 2340. The van der Waals surface area contributed by atoms with Crippen molar-refractivity contribution in [3.8, 4) is 5.75 Å². The standard InChI is InChI=1S/C37H32N6O4S/c1-25(44)47-29-15-18-33-32(22-29)31(21-26-11-16-30(17-12-26)48(45,46)41-37-8-4-6-20-39-37)35-23-34(42(2)43(33)35)28-13-9-27(10-14-28)24-40-36-7-3-5-19-38-36/h3-23,34H,24H2,1-2H3,(H,38,40)(H,39,41)/b31-21-. The number of aromatic nitrogens is 3. The van der Waals surface area contributed by atoms with Crippen LogP contribution in [-0.2, 0) is 21.4 Å². The number of carbonyl (C=O) groups excluding carboxylic acids is 1. The lowest BCUT2D eigenvalue weighted by atomic mass is 10.0. The normalized spacial score (nSPS) is 14.4. The van der Waals surface area contributed by atoms with Crippen LogP contribution in [0.3, 0.4) is 0 Å². The number of hydrogen-bond acceptors (Lipinski definition) is 8. The molecule has 0 radical (unpaired) electrons. The first-order chi connectivity index (χ1) is 23.2. The van der Waals surface area contributed by atoms with Crippen LogP contribution in [0.4, 0.5) is 11.6 Å². The van der Waals surface area contributed by atoms with Gasteiger partial charge in [0.05, 0.1) is 21.8 Å². The molecule has 0 saturated heterocycles. The molecule has 0 spiro atoms. The molecule has 6 aromatic rings. The Morgan fingerprint density at radius 1 is 0.896 bits per heavy atom. The van der Waals surface area contributed by atoms with Crippen molar-refractivity contribution in [1.82, 2.24) is 14.6 Å². The van der Waals surface area contributed by atoms with Crippen LogP contribution in [0, 0.1) is 0 Å². The molecule has 10 nitrogen and oxygen atoms in total. The quantitative estimate of drug-likeness (QED) is 0.170. The lowest BCUT2D eigenvalue weighted by Gasteiger charge is -2.25. The third kappa shape index (κ3) is 6.23. The highest BCUT2D eigenvalue weighted by Gasteiger charge is 2.25. The predicted molar refractivity (Wildman–Crippen MR) is 187 cm³/mol. The SMILES string of the molecule is CC(=O)Oc1ccc2c(c1)/c(=C/c1ccc(S(=O)(=O)Nc3ccccn3)cc1)c1n2N(C)C(c2ccc(CNc3ccccn3)cc2)C=1. The van der Waals surface area contributed by atoms with E-state index in [2.05, 4.69) is 60.0 Å². The highest BCUT2D eigenvalue weighted by molar-refractivity contribution is 7.92. The summed E-state index contributed by atoms with van der Waals surface area (Å²) in [5.74, 6) is 1.13. The number of nitrogens with one attached hydrogen (secondary N) is 2. The van der Waals surface area contributed by atoms with Gasteiger partial charge in [0, 0.05) is 43.5 Å². The van der Waals surface area contributed by atoms with E-state index in [0.717, 1.165) is 44.0 Å². The van der Waals surface area contributed by atoms with Crippen molar-refractivity contribution in [2.75, 3.05) is 22.1 Å². The summed E-state index contributed by atoms with van der Waals surface area (Å²) in [6.45, 7) is 2.04. The van der Waals surface area contributed by atoms with Crippen molar-refractivity contribution < 1.29 is 17.9 Å². The zero-order valence-electron chi connectivity index (χ0n) is 26.2. The van der Waals surface area contributed by atoms with Crippen molar-refractivity contribution in [2.45, 2.75) is 24.4 Å². The topological polar surface area (TPSA) is 118 Å². The lowest BCUT2D eigenvalue weighted by molar-refractivity contribution is -0.131. The third-order valence-electron chi connectivity index (χ3n) is 8.15. The summed E-state index contributed by atoms with van der Waals surface area (Å²) in [4.78, 5) is 20.3. The van der Waals surface area contributed by atoms with Gasteiger partial charge >= 0.3 is 5.97 Å². The number of fused-ring (bicyclic) bond motifs is 3. The lowest BCUT2D eigenvalue weighted by Crippen LogP contribution is -2.35. The minimum absolute atomic E-state index is 0.0346. The van der Waals surface area contributed by atoms with Crippen LogP contribution in [-0.4, -0.2) is 36.1 Å². The van der Waals surface area contributed by atoms with Crippen LogP contribution in [0.2, 0.25) is 0 Å². The molecule has 0 saturated carbocycles. The molecule has 3 aromatic heterocycles. The third-order valence-corrected chi connectivity index (χ3v) is 9.52. The molecule has 1 unspecified atom stereocenters. The van der Waals surface area contributed by atoms with E-state index in [0.29, 0.717) is 12.3 Å². The maximum atomic E-state index is 13.0. The van der Waals surface area contributed by atoms with E-state index in [-0.39, 0.29) is 16.8 Å². The van der Waals surface area contributed by atoms with Gasteiger partial charge in [-0.25, -0.2) is 18.4 Å². The Morgan fingerprint density at radius 3 is 2.27 bits per heavy atom. The number of esters is 1. The molecule has 7 rings (SSSR count).